The van der Waals surface area contributed by atoms with Crippen molar-refractivity contribution in [2.24, 2.45) is 5.41 Å². The van der Waals surface area contributed by atoms with Crippen LogP contribution in [-0.4, -0.2) is 29.8 Å². The topological polar surface area (TPSA) is 58.9 Å². The zero-order chi connectivity index (χ0) is 10.5. The van der Waals surface area contributed by atoms with Crippen molar-refractivity contribution in [3.05, 3.63) is 0 Å². The second kappa shape index (κ2) is 5.44. The molecular formula is C7H18ClO4P. The van der Waals surface area contributed by atoms with Crippen LogP contribution in [0.3, 0.4) is 0 Å². The summed E-state index contributed by atoms with van der Waals surface area (Å²) in [6, 6.07) is 0. The predicted molar refractivity (Wildman–Crippen MR) is 54.8 cm³/mol. The molecule has 6 heteroatoms. The SMILES string of the molecule is CC(C)(C)CO[PH](O)(Cl)OCCO. The van der Waals surface area contributed by atoms with E-state index in [-0.39, 0.29) is 18.6 Å². The third kappa shape index (κ3) is 8.88. The molecule has 0 saturated carbocycles. The van der Waals surface area contributed by atoms with Crippen molar-refractivity contribution in [2.75, 3.05) is 19.8 Å². The van der Waals surface area contributed by atoms with Gasteiger partial charge in [0.2, 0.25) is 0 Å². The summed E-state index contributed by atoms with van der Waals surface area (Å²) >= 11 is 5.56. The molecule has 0 amide bonds. The zero-order valence-corrected chi connectivity index (χ0v) is 9.97. The van der Waals surface area contributed by atoms with Gasteiger partial charge < -0.3 is 0 Å². The quantitative estimate of drug-likeness (QED) is 0.709. The van der Waals surface area contributed by atoms with E-state index in [1.165, 1.54) is 0 Å². The third-order valence-corrected chi connectivity index (χ3v) is 2.77. The fourth-order valence-corrected chi connectivity index (χ4v) is 1.95. The molecule has 0 saturated heterocycles. The van der Waals surface area contributed by atoms with Crippen LogP contribution in [-0.2, 0) is 9.05 Å². The minimum atomic E-state index is -3.52. The van der Waals surface area contributed by atoms with Crippen LogP contribution in [0, 0.1) is 5.41 Å². The van der Waals surface area contributed by atoms with Gasteiger partial charge in [0.25, 0.3) is 0 Å². The second-order valence-corrected chi connectivity index (χ2v) is 6.95. The average Bonchev–Trinajstić information content (AvgIpc) is 1.97. The summed E-state index contributed by atoms with van der Waals surface area (Å²) in [4.78, 5) is 9.36. The van der Waals surface area contributed by atoms with E-state index in [9.17, 15) is 4.89 Å². The Morgan fingerprint density at radius 3 is 2.23 bits per heavy atom. The Morgan fingerprint density at radius 2 is 1.85 bits per heavy atom. The van der Waals surface area contributed by atoms with Crippen molar-refractivity contribution < 1.29 is 19.0 Å². The monoisotopic (exact) mass is 232 g/mol. The molecule has 0 aliphatic carbocycles. The van der Waals surface area contributed by atoms with Crippen LogP contribution in [0.1, 0.15) is 20.8 Å². The molecule has 0 radical (unpaired) electrons. The van der Waals surface area contributed by atoms with Crippen molar-refractivity contribution in [3.8, 4) is 0 Å². The Morgan fingerprint density at radius 1 is 1.31 bits per heavy atom. The summed E-state index contributed by atoms with van der Waals surface area (Å²) in [7, 11) is -3.52. The Hall–Kier alpha value is 0.560. The minimum absolute atomic E-state index is 0.00361. The van der Waals surface area contributed by atoms with Crippen LogP contribution < -0.4 is 0 Å². The van der Waals surface area contributed by atoms with Crippen LogP contribution in [0.25, 0.3) is 0 Å². The molecule has 0 unspecified atom stereocenters. The number of hydrogen-bond acceptors (Lipinski definition) is 4. The van der Waals surface area contributed by atoms with Gasteiger partial charge in [-0.25, -0.2) is 0 Å². The van der Waals surface area contributed by atoms with Crippen molar-refractivity contribution in [1.29, 1.82) is 0 Å². The molecule has 0 heterocycles. The molecular weight excluding hydrogens is 214 g/mol. The number of halogens is 1. The summed E-state index contributed by atoms with van der Waals surface area (Å²) < 4.78 is 9.78. The van der Waals surface area contributed by atoms with Gasteiger partial charge in [0.1, 0.15) is 0 Å². The summed E-state index contributed by atoms with van der Waals surface area (Å²) in [5, 5.41) is 8.43. The molecule has 0 aromatic carbocycles. The first-order valence-corrected chi connectivity index (χ1v) is 6.84. The first kappa shape index (κ1) is 13.6. The van der Waals surface area contributed by atoms with Crippen LogP contribution in [0.5, 0.6) is 0 Å². The number of aliphatic hydroxyl groups excluding tert-OH is 1. The molecule has 0 aliphatic rings. The van der Waals surface area contributed by atoms with E-state index in [2.05, 4.69) is 0 Å². The molecule has 2 N–H and O–H groups in total. The van der Waals surface area contributed by atoms with E-state index in [1.54, 1.807) is 0 Å². The summed E-state index contributed by atoms with van der Waals surface area (Å²) in [6.07, 6.45) is 0. The van der Waals surface area contributed by atoms with Gasteiger partial charge in [-0.2, -0.15) is 0 Å². The van der Waals surface area contributed by atoms with Gasteiger partial charge in [-0.05, 0) is 0 Å². The molecule has 0 fully saturated rings. The van der Waals surface area contributed by atoms with E-state index in [0.29, 0.717) is 6.61 Å². The molecule has 0 aliphatic heterocycles. The Labute approximate surface area is 84.2 Å². The fourth-order valence-electron chi connectivity index (χ4n) is 0.519. The molecule has 0 spiro atoms. The molecule has 0 bridgehead atoms. The standard InChI is InChI=1S/C7H18ClO4P/c1-7(2,3)6-12-13(8,10)11-5-4-9/h9-10,13H,4-6H2,1-3H3. The summed E-state index contributed by atoms with van der Waals surface area (Å²) in [5.74, 6) is 0. The Kier molecular flexibility index (Phi) is 5.68. The van der Waals surface area contributed by atoms with Gasteiger partial charge in [0.15, 0.2) is 0 Å². The van der Waals surface area contributed by atoms with Gasteiger partial charge in [-0.3, -0.25) is 0 Å². The van der Waals surface area contributed by atoms with E-state index in [1.807, 2.05) is 20.8 Å². The van der Waals surface area contributed by atoms with E-state index >= 15 is 0 Å². The molecule has 0 aromatic rings. The molecule has 4 nitrogen and oxygen atoms in total. The van der Waals surface area contributed by atoms with Crippen molar-refractivity contribution in [1.82, 2.24) is 0 Å². The van der Waals surface area contributed by atoms with Gasteiger partial charge in [-0.1, -0.05) is 0 Å². The van der Waals surface area contributed by atoms with E-state index in [0.717, 1.165) is 0 Å². The molecule has 82 valence electrons. The molecule has 0 aromatic heterocycles. The average molecular weight is 233 g/mol. The first-order chi connectivity index (χ1) is 5.77. The van der Waals surface area contributed by atoms with Crippen LogP contribution in [0.2, 0.25) is 0 Å². The third-order valence-electron chi connectivity index (χ3n) is 1.05. The maximum atomic E-state index is 9.36. The molecule has 0 rings (SSSR count). The van der Waals surface area contributed by atoms with Crippen LogP contribution in [0.15, 0.2) is 0 Å². The predicted octanol–water partition coefficient (Wildman–Crippen LogP) is 1.70. The van der Waals surface area contributed by atoms with Gasteiger partial charge in [0.05, 0.1) is 0 Å². The van der Waals surface area contributed by atoms with Gasteiger partial charge >= 0.3 is 83.6 Å². The Bertz CT molecular complexity index is 146. The van der Waals surface area contributed by atoms with Crippen molar-refractivity contribution >= 4 is 18.5 Å². The normalized spacial score (nSPS) is 14.6. The summed E-state index contributed by atoms with van der Waals surface area (Å²) in [5.41, 5.74) is -0.0710. The zero-order valence-electron chi connectivity index (χ0n) is 8.21. The number of rotatable bonds is 5. The number of aliphatic hydroxyl groups is 1. The van der Waals surface area contributed by atoms with Gasteiger partial charge in [0, 0.05) is 0 Å². The first-order valence-electron chi connectivity index (χ1n) is 4.07. The van der Waals surface area contributed by atoms with E-state index in [4.69, 9.17) is 25.4 Å². The molecule has 0 atom stereocenters. The summed E-state index contributed by atoms with van der Waals surface area (Å²) in [6.45, 7) is 6.02. The second-order valence-electron chi connectivity index (χ2n) is 3.93. The fraction of sp³-hybridized carbons (Fsp3) is 1.00. The van der Waals surface area contributed by atoms with Crippen molar-refractivity contribution in [3.63, 3.8) is 0 Å². The van der Waals surface area contributed by atoms with Gasteiger partial charge in [-0.15, -0.1) is 0 Å². The van der Waals surface area contributed by atoms with Crippen LogP contribution >= 0.6 is 18.5 Å². The number of hydrogen-bond donors (Lipinski definition) is 2. The van der Waals surface area contributed by atoms with Crippen LogP contribution in [0.4, 0.5) is 0 Å². The Balaban J connectivity index is 3.75. The van der Waals surface area contributed by atoms with Crippen molar-refractivity contribution in [2.45, 2.75) is 20.8 Å². The maximum absolute atomic E-state index is 9.36. The molecule has 13 heavy (non-hydrogen) atoms. The van der Waals surface area contributed by atoms with E-state index < -0.39 is 7.30 Å².